The summed E-state index contributed by atoms with van der Waals surface area (Å²) < 4.78 is 5.66. The van der Waals surface area contributed by atoms with Crippen LogP contribution in [-0.4, -0.2) is 54.6 Å². The molecule has 9 heteroatoms. The molecule has 0 aromatic heterocycles. The molecule has 7 nitrogen and oxygen atoms in total. The molecule has 1 saturated heterocycles. The lowest BCUT2D eigenvalue weighted by atomic mass is 10.2. The molecule has 0 unspecified atom stereocenters. The van der Waals surface area contributed by atoms with Crippen LogP contribution in [-0.2, 0) is 4.79 Å². The second-order valence-corrected chi connectivity index (χ2v) is 9.37. The van der Waals surface area contributed by atoms with E-state index in [0.29, 0.717) is 61.4 Å². The molecule has 1 fully saturated rings. The van der Waals surface area contributed by atoms with Crippen molar-refractivity contribution in [3.63, 3.8) is 0 Å². The lowest BCUT2D eigenvalue weighted by Gasteiger charge is -2.37. The summed E-state index contributed by atoms with van der Waals surface area (Å²) in [5, 5.41) is 6.55. The van der Waals surface area contributed by atoms with Crippen LogP contribution in [0.2, 0.25) is 5.02 Å². The highest BCUT2D eigenvalue weighted by atomic mass is 35.5. The average Bonchev–Trinajstić information content (AvgIpc) is 2.82. The number of carbonyl (C=O) groups is 2. The van der Waals surface area contributed by atoms with Crippen molar-refractivity contribution in [1.82, 2.24) is 10.2 Å². The Morgan fingerprint density at radius 1 is 1.09 bits per heavy atom. The summed E-state index contributed by atoms with van der Waals surface area (Å²) in [6, 6.07) is 12.5. The molecule has 2 N–H and O–H groups in total. The summed E-state index contributed by atoms with van der Waals surface area (Å²) >= 11 is 11.6. The molecule has 0 radical (unpaired) electrons. The number of nitrogens with zero attached hydrogens (tertiary/aromatic N) is 2. The normalized spacial score (nSPS) is 13.6. The van der Waals surface area contributed by atoms with Gasteiger partial charge in [0.1, 0.15) is 5.75 Å². The fraction of sp³-hybridized carbons (Fsp3) is 0.400. The molecule has 0 aliphatic carbocycles. The van der Waals surface area contributed by atoms with E-state index in [0.717, 1.165) is 11.4 Å². The lowest BCUT2D eigenvalue weighted by Crippen LogP contribution is -2.48. The van der Waals surface area contributed by atoms with Crippen LogP contribution in [0, 0.1) is 5.92 Å². The van der Waals surface area contributed by atoms with Crippen molar-refractivity contribution < 1.29 is 14.3 Å². The van der Waals surface area contributed by atoms with Crippen molar-refractivity contribution >= 4 is 52.1 Å². The van der Waals surface area contributed by atoms with Crippen LogP contribution in [0.15, 0.2) is 42.5 Å². The van der Waals surface area contributed by atoms with Gasteiger partial charge < -0.3 is 19.9 Å². The minimum Gasteiger partial charge on any atom is -0.493 e. The predicted octanol–water partition coefficient (Wildman–Crippen LogP) is 4.56. The fourth-order valence-electron chi connectivity index (χ4n) is 3.60. The van der Waals surface area contributed by atoms with Crippen molar-refractivity contribution in [3.8, 4) is 5.75 Å². The first-order valence-electron chi connectivity index (χ1n) is 11.4. The molecule has 0 bridgehead atoms. The standard InChI is InChI=1S/C25H31ClN4O3S/c1-4-23(31)30-13-11-29(12-14-30)22-10-7-19(26)15-21(22)27-25(34)28-24(32)18-5-8-20(9-6-18)33-16-17(2)3/h5-10,15,17H,4,11-14,16H2,1-3H3,(H2,27,28,32,34). The number of anilines is 2. The number of thiocarbonyl (C=S) groups is 1. The van der Waals surface area contributed by atoms with E-state index in [1.54, 1.807) is 30.3 Å². The Kier molecular flexibility index (Phi) is 9.12. The van der Waals surface area contributed by atoms with Crippen LogP contribution in [0.5, 0.6) is 5.75 Å². The Morgan fingerprint density at radius 2 is 1.76 bits per heavy atom. The number of carbonyl (C=O) groups excluding carboxylic acids is 2. The number of ether oxygens (including phenoxy) is 1. The van der Waals surface area contributed by atoms with Crippen LogP contribution < -0.4 is 20.3 Å². The molecule has 1 heterocycles. The minimum absolute atomic E-state index is 0.164. The second kappa shape index (κ2) is 12.0. The molecule has 2 aromatic carbocycles. The van der Waals surface area contributed by atoms with Crippen LogP contribution in [0.25, 0.3) is 0 Å². The number of rotatable bonds is 7. The molecule has 1 aliphatic heterocycles. The third kappa shape index (κ3) is 7.08. The van der Waals surface area contributed by atoms with Gasteiger partial charge >= 0.3 is 0 Å². The summed E-state index contributed by atoms with van der Waals surface area (Å²) in [5.74, 6) is 0.987. The maximum Gasteiger partial charge on any atom is 0.257 e. The average molecular weight is 503 g/mol. The summed E-state index contributed by atoms with van der Waals surface area (Å²) in [7, 11) is 0. The van der Waals surface area contributed by atoms with E-state index in [4.69, 9.17) is 28.6 Å². The Bertz CT molecular complexity index is 1020. The van der Waals surface area contributed by atoms with E-state index in [1.807, 2.05) is 24.0 Å². The van der Waals surface area contributed by atoms with Gasteiger partial charge in [-0.15, -0.1) is 0 Å². The molecule has 34 heavy (non-hydrogen) atoms. The largest absolute Gasteiger partial charge is 0.493 e. The molecular weight excluding hydrogens is 472 g/mol. The third-order valence-corrected chi connectivity index (χ3v) is 5.85. The summed E-state index contributed by atoms with van der Waals surface area (Å²) in [5.41, 5.74) is 2.09. The number of amides is 2. The van der Waals surface area contributed by atoms with Gasteiger partial charge in [-0.1, -0.05) is 32.4 Å². The van der Waals surface area contributed by atoms with Crippen LogP contribution in [0.3, 0.4) is 0 Å². The molecule has 3 rings (SSSR count). The molecule has 2 aromatic rings. The van der Waals surface area contributed by atoms with Crippen molar-refractivity contribution in [1.29, 1.82) is 0 Å². The molecule has 0 spiro atoms. The predicted molar refractivity (Wildman–Crippen MR) is 141 cm³/mol. The van der Waals surface area contributed by atoms with Gasteiger partial charge in [0.05, 0.1) is 18.0 Å². The van der Waals surface area contributed by atoms with Gasteiger partial charge in [-0.3, -0.25) is 14.9 Å². The molecule has 1 aliphatic rings. The Morgan fingerprint density at radius 3 is 2.38 bits per heavy atom. The maximum absolute atomic E-state index is 12.7. The number of benzene rings is 2. The third-order valence-electron chi connectivity index (χ3n) is 5.41. The highest BCUT2D eigenvalue weighted by molar-refractivity contribution is 7.80. The smallest absolute Gasteiger partial charge is 0.257 e. The number of piperazine rings is 1. The molecular formula is C25H31ClN4O3S. The van der Waals surface area contributed by atoms with Crippen LogP contribution in [0.4, 0.5) is 11.4 Å². The van der Waals surface area contributed by atoms with Crippen molar-refractivity contribution in [2.75, 3.05) is 43.0 Å². The van der Waals surface area contributed by atoms with Gasteiger partial charge in [0.2, 0.25) is 5.91 Å². The van der Waals surface area contributed by atoms with E-state index in [1.165, 1.54) is 0 Å². The van der Waals surface area contributed by atoms with Gasteiger partial charge in [0.25, 0.3) is 5.91 Å². The summed E-state index contributed by atoms with van der Waals surface area (Å²) in [6.07, 6.45) is 0.509. The monoisotopic (exact) mass is 502 g/mol. The second-order valence-electron chi connectivity index (χ2n) is 8.52. The lowest BCUT2D eigenvalue weighted by molar-refractivity contribution is -0.131. The zero-order valence-corrected chi connectivity index (χ0v) is 21.3. The SMILES string of the molecule is CCC(=O)N1CCN(c2ccc(Cl)cc2NC(=S)NC(=O)c2ccc(OCC(C)C)cc2)CC1. The topological polar surface area (TPSA) is 73.9 Å². The van der Waals surface area contributed by atoms with Gasteiger partial charge in [-0.2, -0.15) is 0 Å². The molecule has 182 valence electrons. The van der Waals surface area contributed by atoms with Crippen molar-refractivity contribution in [3.05, 3.63) is 53.1 Å². The minimum atomic E-state index is -0.317. The number of halogens is 1. The Labute approximate surface area is 211 Å². The van der Waals surface area contributed by atoms with Crippen LogP contribution in [0.1, 0.15) is 37.6 Å². The van der Waals surface area contributed by atoms with Crippen LogP contribution >= 0.6 is 23.8 Å². The first-order chi connectivity index (χ1) is 16.3. The van der Waals surface area contributed by atoms with E-state index in [-0.39, 0.29) is 16.9 Å². The van der Waals surface area contributed by atoms with E-state index >= 15 is 0 Å². The first kappa shape index (κ1) is 25.8. The van der Waals surface area contributed by atoms with Crippen molar-refractivity contribution in [2.24, 2.45) is 5.92 Å². The summed E-state index contributed by atoms with van der Waals surface area (Å²) in [6.45, 7) is 9.37. The van der Waals surface area contributed by atoms with Crippen molar-refractivity contribution in [2.45, 2.75) is 27.2 Å². The van der Waals surface area contributed by atoms with Gasteiger partial charge in [0, 0.05) is 43.2 Å². The Balaban J connectivity index is 1.62. The Hall–Kier alpha value is -2.84. The zero-order valence-electron chi connectivity index (χ0n) is 19.8. The fourth-order valence-corrected chi connectivity index (χ4v) is 3.97. The maximum atomic E-state index is 12.7. The highest BCUT2D eigenvalue weighted by Gasteiger charge is 2.22. The van der Waals surface area contributed by atoms with E-state index < -0.39 is 0 Å². The molecule has 0 atom stereocenters. The molecule has 0 saturated carbocycles. The van der Waals surface area contributed by atoms with E-state index in [2.05, 4.69) is 29.4 Å². The van der Waals surface area contributed by atoms with Gasteiger partial charge in [-0.05, 0) is 60.6 Å². The van der Waals surface area contributed by atoms with Gasteiger partial charge in [-0.25, -0.2) is 0 Å². The zero-order chi connectivity index (χ0) is 24.7. The number of hydrogen-bond acceptors (Lipinski definition) is 5. The van der Waals surface area contributed by atoms with Gasteiger partial charge in [0.15, 0.2) is 5.11 Å². The molecule has 2 amide bonds. The highest BCUT2D eigenvalue weighted by Crippen LogP contribution is 2.30. The number of hydrogen-bond donors (Lipinski definition) is 2. The van der Waals surface area contributed by atoms with E-state index in [9.17, 15) is 9.59 Å². The quantitative estimate of drug-likeness (QED) is 0.541. The summed E-state index contributed by atoms with van der Waals surface area (Å²) in [4.78, 5) is 28.7. The first-order valence-corrected chi connectivity index (χ1v) is 12.2. The number of nitrogens with one attached hydrogen (secondary N) is 2.